The van der Waals surface area contributed by atoms with Crippen LogP contribution in [0.25, 0.3) is 11.4 Å². The predicted molar refractivity (Wildman–Crippen MR) is 109 cm³/mol. The van der Waals surface area contributed by atoms with E-state index in [0.29, 0.717) is 24.7 Å². The number of ether oxygens (including phenoxy) is 1. The smallest absolute Gasteiger partial charge is 0.270 e. The van der Waals surface area contributed by atoms with Gasteiger partial charge in [0, 0.05) is 36.2 Å². The zero-order chi connectivity index (χ0) is 21.3. The Labute approximate surface area is 173 Å². The largest absolute Gasteiger partial charge is 0.497 e. The van der Waals surface area contributed by atoms with Crippen LogP contribution in [0, 0.1) is 10.1 Å². The molecule has 0 bridgehead atoms. The molecule has 0 saturated carbocycles. The summed E-state index contributed by atoms with van der Waals surface area (Å²) < 4.78 is 10.4. The number of aryl methyl sites for hydroxylation is 1. The lowest BCUT2D eigenvalue weighted by Gasteiger charge is -2.04. The fourth-order valence-corrected chi connectivity index (χ4v) is 2.86. The van der Waals surface area contributed by atoms with Crippen LogP contribution in [0.1, 0.15) is 35.5 Å². The number of non-ortho nitro benzene ring substituents is 1. The van der Waals surface area contributed by atoms with Gasteiger partial charge in [-0.2, -0.15) is 4.98 Å². The number of benzene rings is 2. The Balaban J connectivity index is 1.37. The van der Waals surface area contributed by atoms with Crippen molar-refractivity contribution in [2.24, 2.45) is 0 Å². The molecule has 9 nitrogen and oxygen atoms in total. The van der Waals surface area contributed by atoms with Gasteiger partial charge in [-0.15, -0.1) is 0 Å². The second kappa shape index (κ2) is 10.1. The van der Waals surface area contributed by atoms with Crippen molar-refractivity contribution in [2.75, 3.05) is 13.7 Å². The van der Waals surface area contributed by atoms with Crippen molar-refractivity contribution < 1.29 is 19.0 Å². The minimum atomic E-state index is -0.519. The first-order valence-corrected chi connectivity index (χ1v) is 9.56. The van der Waals surface area contributed by atoms with E-state index in [1.54, 1.807) is 13.2 Å². The van der Waals surface area contributed by atoms with Crippen LogP contribution in [0.15, 0.2) is 53.1 Å². The van der Waals surface area contributed by atoms with E-state index in [-0.39, 0.29) is 17.2 Å². The van der Waals surface area contributed by atoms with Crippen molar-refractivity contribution in [1.29, 1.82) is 0 Å². The van der Waals surface area contributed by atoms with Crippen LogP contribution in [0.5, 0.6) is 5.75 Å². The summed E-state index contributed by atoms with van der Waals surface area (Å²) in [7, 11) is 1.61. The minimum Gasteiger partial charge on any atom is -0.497 e. The van der Waals surface area contributed by atoms with Crippen LogP contribution >= 0.6 is 0 Å². The molecule has 1 aromatic heterocycles. The van der Waals surface area contributed by atoms with Crippen LogP contribution in [0.2, 0.25) is 0 Å². The van der Waals surface area contributed by atoms with Crippen LogP contribution in [-0.2, 0) is 6.42 Å². The second-order valence-electron chi connectivity index (χ2n) is 6.61. The summed E-state index contributed by atoms with van der Waals surface area (Å²) in [6.07, 6.45) is 3.15. The predicted octanol–water partition coefficient (Wildman–Crippen LogP) is 3.80. The first-order valence-electron chi connectivity index (χ1n) is 9.56. The van der Waals surface area contributed by atoms with E-state index >= 15 is 0 Å². The number of carbonyl (C=O) groups excluding carboxylic acids is 1. The number of nitro benzene ring substituents is 1. The van der Waals surface area contributed by atoms with Crippen molar-refractivity contribution in [2.45, 2.75) is 25.7 Å². The van der Waals surface area contributed by atoms with Crippen molar-refractivity contribution in [3.05, 3.63) is 70.1 Å². The molecule has 1 N–H and O–H groups in total. The fraction of sp³-hybridized carbons (Fsp3) is 0.286. The van der Waals surface area contributed by atoms with Gasteiger partial charge in [0.15, 0.2) is 0 Å². The lowest BCUT2D eigenvalue weighted by atomic mass is 10.1. The summed E-state index contributed by atoms with van der Waals surface area (Å²) in [5, 5.41) is 17.6. The Bertz CT molecular complexity index is 1000. The lowest BCUT2D eigenvalue weighted by Crippen LogP contribution is -2.24. The van der Waals surface area contributed by atoms with Crippen LogP contribution < -0.4 is 10.1 Å². The fourth-order valence-electron chi connectivity index (χ4n) is 2.86. The van der Waals surface area contributed by atoms with Crippen LogP contribution in [0.3, 0.4) is 0 Å². The summed E-state index contributed by atoms with van der Waals surface area (Å²) in [5.74, 6) is 1.55. The molecular weight excluding hydrogens is 388 g/mol. The number of nitrogens with one attached hydrogen (secondary N) is 1. The highest BCUT2D eigenvalue weighted by molar-refractivity contribution is 5.94. The van der Waals surface area contributed by atoms with E-state index in [2.05, 4.69) is 15.5 Å². The number of nitrogens with zero attached hydrogens (tertiary/aromatic N) is 3. The molecule has 0 spiro atoms. The monoisotopic (exact) mass is 410 g/mol. The Morgan fingerprint density at radius 2 is 1.97 bits per heavy atom. The zero-order valence-corrected chi connectivity index (χ0v) is 16.5. The molecule has 3 aromatic rings. The number of methoxy groups -OCH3 is 1. The van der Waals surface area contributed by atoms with Crippen LogP contribution in [0.4, 0.5) is 5.69 Å². The van der Waals surface area contributed by atoms with Gasteiger partial charge in [0.05, 0.1) is 12.0 Å². The van der Waals surface area contributed by atoms with E-state index in [0.717, 1.165) is 30.6 Å². The molecule has 30 heavy (non-hydrogen) atoms. The third kappa shape index (κ3) is 5.63. The van der Waals surface area contributed by atoms with Gasteiger partial charge in [0.1, 0.15) is 5.75 Å². The van der Waals surface area contributed by atoms with Gasteiger partial charge in [0.25, 0.3) is 11.6 Å². The van der Waals surface area contributed by atoms with E-state index in [9.17, 15) is 14.9 Å². The molecule has 0 aliphatic rings. The van der Waals surface area contributed by atoms with E-state index in [4.69, 9.17) is 9.26 Å². The number of aromatic nitrogens is 2. The molecule has 3 rings (SSSR count). The zero-order valence-electron chi connectivity index (χ0n) is 16.5. The molecule has 0 unspecified atom stereocenters. The van der Waals surface area contributed by atoms with Crippen molar-refractivity contribution in [3.8, 4) is 17.1 Å². The molecule has 0 atom stereocenters. The highest BCUT2D eigenvalue weighted by atomic mass is 16.6. The molecule has 1 heterocycles. The number of nitro groups is 1. The number of hydrogen-bond acceptors (Lipinski definition) is 7. The molecule has 0 aliphatic carbocycles. The van der Waals surface area contributed by atoms with Gasteiger partial charge in [-0.25, -0.2) is 0 Å². The van der Waals surface area contributed by atoms with E-state index < -0.39 is 4.92 Å². The normalized spacial score (nSPS) is 10.6. The van der Waals surface area contributed by atoms with Gasteiger partial charge in [0.2, 0.25) is 11.7 Å². The average molecular weight is 410 g/mol. The Morgan fingerprint density at radius 1 is 1.17 bits per heavy atom. The summed E-state index contributed by atoms with van der Waals surface area (Å²) in [6.45, 7) is 0.489. The first-order chi connectivity index (χ1) is 14.6. The highest BCUT2D eigenvalue weighted by Gasteiger charge is 2.11. The number of carbonyl (C=O) groups is 1. The summed E-state index contributed by atoms with van der Waals surface area (Å²) in [6, 6.07) is 13.1. The Kier molecular flexibility index (Phi) is 7.09. The third-order valence-corrected chi connectivity index (χ3v) is 4.49. The summed E-state index contributed by atoms with van der Waals surface area (Å²) >= 11 is 0. The average Bonchev–Trinajstić information content (AvgIpc) is 3.25. The maximum absolute atomic E-state index is 12.1. The van der Waals surface area contributed by atoms with Crippen molar-refractivity contribution >= 4 is 11.6 Å². The van der Waals surface area contributed by atoms with Gasteiger partial charge >= 0.3 is 0 Å². The number of unbranched alkanes of at least 4 members (excludes halogenated alkanes) is 2. The molecule has 9 heteroatoms. The number of amides is 1. The molecule has 0 saturated heterocycles. The highest BCUT2D eigenvalue weighted by Crippen LogP contribution is 2.20. The van der Waals surface area contributed by atoms with Gasteiger partial charge in [-0.1, -0.05) is 17.6 Å². The molecular formula is C21H22N4O5. The maximum atomic E-state index is 12.1. The van der Waals surface area contributed by atoms with Gasteiger partial charge in [-0.3, -0.25) is 14.9 Å². The van der Waals surface area contributed by atoms with E-state index in [1.165, 1.54) is 18.2 Å². The third-order valence-electron chi connectivity index (χ3n) is 4.49. The van der Waals surface area contributed by atoms with E-state index in [1.807, 2.05) is 24.3 Å². The molecule has 0 radical (unpaired) electrons. The van der Waals surface area contributed by atoms with Crippen molar-refractivity contribution in [3.63, 3.8) is 0 Å². The summed E-state index contributed by atoms with van der Waals surface area (Å²) in [5.41, 5.74) is 1.03. The summed E-state index contributed by atoms with van der Waals surface area (Å²) in [4.78, 5) is 26.7. The minimum absolute atomic E-state index is 0.101. The van der Waals surface area contributed by atoms with Crippen LogP contribution in [-0.4, -0.2) is 34.6 Å². The topological polar surface area (TPSA) is 120 Å². The lowest BCUT2D eigenvalue weighted by molar-refractivity contribution is -0.384. The maximum Gasteiger partial charge on any atom is 0.270 e. The first kappa shape index (κ1) is 21.0. The molecule has 156 valence electrons. The second-order valence-corrected chi connectivity index (χ2v) is 6.61. The Morgan fingerprint density at radius 3 is 2.70 bits per heavy atom. The quantitative estimate of drug-likeness (QED) is 0.307. The van der Waals surface area contributed by atoms with Crippen molar-refractivity contribution in [1.82, 2.24) is 15.5 Å². The molecule has 0 fully saturated rings. The number of rotatable bonds is 10. The number of hydrogen-bond donors (Lipinski definition) is 1. The Hall–Kier alpha value is -3.75. The SMILES string of the molecule is COc1ccc(-c2noc(CCCCCNC(=O)c3cccc([N+](=O)[O-])c3)n2)cc1. The standard InChI is InChI=1S/C21H22N4O5/c1-29-18-11-9-15(10-12-18)20-23-19(30-24-20)8-3-2-4-13-22-21(26)16-6-5-7-17(14-16)25(27)28/h5-7,9-12,14H,2-4,8,13H2,1H3,(H,22,26). The van der Waals surface area contributed by atoms with Gasteiger partial charge < -0.3 is 14.6 Å². The molecule has 0 aliphatic heterocycles. The molecule has 2 aromatic carbocycles. The molecule has 1 amide bonds. The van der Waals surface area contributed by atoms with Gasteiger partial charge in [-0.05, 0) is 43.2 Å².